The summed E-state index contributed by atoms with van der Waals surface area (Å²) in [5.74, 6) is -1.96. The first kappa shape index (κ1) is 17.6. The quantitative estimate of drug-likeness (QED) is 0.571. The molecule has 2 aromatic carbocycles. The molecule has 0 aliphatic carbocycles. The molecule has 0 saturated carbocycles. The lowest BCUT2D eigenvalue weighted by atomic mass is 10.1. The van der Waals surface area contributed by atoms with Crippen LogP contribution >= 0.6 is 0 Å². The Bertz CT molecular complexity index is 1250. The van der Waals surface area contributed by atoms with E-state index in [1.807, 2.05) is 0 Å². The summed E-state index contributed by atoms with van der Waals surface area (Å²) in [6, 6.07) is 10.1. The number of H-pyrrole nitrogens is 1. The van der Waals surface area contributed by atoms with Gasteiger partial charge in [0.25, 0.3) is 5.91 Å². The van der Waals surface area contributed by atoms with Crippen molar-refractivity contribution in [1.82, 2.24) is 20.1 Å². The Balaban J connectivity index is 1.51. The van der Waals surface area contributed by atoms with Crippen molar-refractivity contribution >= 4 is 16.8 Å². The third-order valence-electron chi connectivity index (χ3n) is 4.28. The Labute approximate surface area is 157 Å². The van der Waals surface area contributed by atoms with Crippen molar-refractivity contribution in [3.8, 4) is 5.69 Å². The van der Waals surface area contributed by atoms with Gasteiger partial charge in [-0.1, -0.05) is 12.1 Å². The van der Waals surface area contributed by atoms with Crippen LogP contribution in [0, 0.1) is 11.6 Å². The highest BCUT2D eigenvalue weighted by Crippen LogP contribution is 2.14. The summed E-state index contributed by atoms with van der Waals surface area (Å²) in [4.78, 5) is 27.8. The van der Waals surface area contributed by atoms with E-state index in [4.69, 9.17) is 0 Å². The average Bonchev–Trinajstić information content (AvgIpc) is 3.15. The molecule has 0 radical (unpaired) electrons. The van der Waals surface area contributed by atoms with Gasteiger partial charge < -0.3 is 10.3 Å². The number of carbonyl (C=O) groups excluding carboxylic acids is 1. The van der Waals surface area contributed by atoms with E-state index in [0.29, 0.717) is 16.5 Å². The molecule has 0 unspecified atom stereocenters. The van der Waals surface area contributed by atoms with Crippen LogP contribution in [0.5, 0.6) is 0 Å². The number of fused-ring (bicyclic) bond motifs is 1. The fourth-order valence-electron chi connectivity index (χ4n) is 2.86. The van der Waals surface area contributed by atoms with Crippen molar-refractivity contribution in [2.75, 3.05) is 0 Å². The lowest BCUT2D eigenvalue weighted by Gasteiger charge is -2.05. The minimum Gasteiger partial charge on any atom is -0.360 e. The van der Waals surface area contributed by atoms with Crippen LogP contribution in [0.1, 0.15) is 15.9 Å². The normalized spacial score (nSPS) is 10.9. The summed E-state index contributed by atoms with van der Waals surface area (Å²) in [5.41, 5.74) is 0.956. The Morgan fingerprint density at radius 3 is 2.82 bits per heavy atom. The van der Waals surface area contributed by atoms with Crippen LogP contribution < -0.4 is 10.7 Å². The Morgan fingerprint density at radius 1 is 1.18 bits per heavy atom. The van der Waals surface area contributed by atoms with Gasteiger partial charge in [0.15, 0.2) is 5.82 Å². The zero-order valence-corrected chi connectivity index (χ0v) is 14.4. The molecule has 2 N–H and O–H groups in total. The second-order valence-electron chi connectivity index (χ2n) is 6.15. The number of hydrogen-bond acceptors (Lipinski definition) is 3. The van der Waals surface area contributed by atoms with E-state index in [1.54, 1.807) is 24.3 Å². The van der Waals surface area contributed by atoms with Gasteiger partial charge in [0.1, 0.15) is 17.1 Å². The molecule has 0 aliphatic rings. The lowest BCUT2D eigenvalue weighted by molar-refractivity contribution is 0.0949. The van der Waals surface area contributed by atoms with Gasteiger partial charge in [0.05, 0.1) is 6.20 Å². The highest BCUT2D eigenvalue weighted by Gasteiger charge is 2.13. The smallest absolute Gasteiger partial charge is 0.257 e. The third kappa shape index (κ3) is 3.27. The molecule has 1 amide bonds. The van der Waals surface area contributed by atoms with E-state index in [2.05, 4.69) is 15.4 Å². The Morgan fingerprint density at radius 2 is 2.00 bits per heavy atom. The number of para-hydroxylation sites is 1. The molecule has 4 rings (SSSR count). The van der Waals surface area contributed by atoms with Crippen LogP contribution in [0.2, 0.25) is 0 Å². The number of aromatic nitrogens is 3. The molecule has 2 aromatic heterocycles. The summed E-state index contributed by atoms with van der Waals surface area (Å²) in [5, 5.41) is 7.09. The maximum absolute atomic E-state index is 13.8. The molecule has 0 saturated heterocycles. The molecule has 6 nitrogen and oxygen atoms in total. The van der Waals surface area contributed by atoms with Crippen molar-refractivity contribution in [2.24, 2.45) is 0 Å². The number of halogens is 2. The fourth-order valence-corrected chi connectivity index (χ4v) is 2.86. The van der Waals surface area contributed by atoms with Gasteiger partial charge in [-0.05, 0) is 24.3 Å². The van der Waals surface area contributed by atoms with Crippen LogP contribution in [0.3, 0.4) is 0 Å². The predicted octanol–water partition coefficient (Wildman–Crippen LogP) is 2.92. The summed E-state index contributed by atoms with van der Waals surface area (Å²) in [6.07, 6.45) is 4.34. The molecular formula is C20H14F2N4O2. The number of pyridine rings is 1. The second-order valence-corrected chi connectivity index (χ2v) is 6.15. The molecule has 0 bridgehead atoms. The Hall–Kier alpha value is -3.81. The standard InChI is InChI=1S/C20H14F2N4O2/c21-13-5-6-18(16(22)7-13)26-11-12(9-25-26)8-24-20(28)15-10-23-17-4-2-1-3-14(17)19(15)27/h1-7,9-11H,8H2,(H,23,27)(H,24,28). The summed E-state index contributed by atoms with van der Waals surface area (Å²) in [7, 11) is 0. The monoisotopic (exact) mass is 380 g/mol. The second kappa shape index (κ2) is 7.07. The van der Waals surface area contributed by atoms with Gasteiger partial charge in [0, 0.05) is 41.5 Å². The third-order valence-corrected chi connectivity index (χ3v) is 4.28. The zero-order valence-electron chi connectivity index (χ0n) is 14.4. The molecule has 2 heterocycles. The van der Waals surface area contributed by atoms with Gasteiger partial charge in [-0.25, -0.2) is 13.5 Å². The van der Waals surface area contributed by atoms with Crippen molar-refractivity contribution < 1.29 is 13.6 Å². The summed E-state index contributed by atoms with van der Waals surface area (Å²) in [6.45, 7) is 0.0912. The molecule has 4 aromatic rings. The molecule has 0 atom stereocenters. The Kier molecular flexibility index (Phi) is 4.44. The number of nitrogens with zero attached hydrogens (tertiary/aromatic N) is 2. The van der Waals surface area contributed by atoms with E-state index in [9.17, 15) is 18.4 Å². The highest BCUT2D eigenvalue weighted by molar-refractivity contribution is 5.97. The van der Waals surface area contributed by atoms with E-state index in [-0.39, 0.29) is 23.2 Å². The van der Waals surface area contributed by atoms with Gasteiger partial charge in [-0.3, -0.25) is 9.59 Å². The number of aromatic amines is 1. The summed E-state index contributed by atoms with van der Waals surface area (Å²) < 4.78 is 28.1. The van der Waals surface area contributed by atoms with Crippen molar-refractivity contribution in [1.29, 1.82) is 0 Å². The van der Waals surface area contributed by atoms with Gasteiger partial charge in [0.2, 0.25) is 5.43 Å². The largest absolute Gasteiger partial charge is 0.360 e. The number of rotatable bonds is 4. The molecule has 8 heteroatoms. The van der Waals surface area contributed by atoms with E-state index in [1.165, 1.54) is 29.3 Å². The van der Waals surface area contributed by atoms with Crippen molar-refractivity contribution in [3.05, 3.63) is 94.0 Å². The average molecular weight is 380 g/mol. The molecular weight excluding hydrogens is 366 g/mol. The van der Waals surface area contributed by atoms with Crippen LogP contribution in [0.25, 0.3) is 16.6 Å². The maximum atomic E-state index is 13.8. The number of benzene rings is 2. The predicted molar refractivity (Wildman–Crippen MR) is 99.2 cm³/mol. The molecule has 28 heavy (non-hydrogen) atoms. The number of hydrogen-bond donors (Lipinski definition) is 2. The van der Waals surface area contributed by atoms with Gasteiger partial charge in [-0.15, -0.1) is 0 Å². The fraction of sp³-hybridized carbons (Fsp3) is 0.0500. The minimum atomic E-state index is -0.749. The van der Waals surface area contributed by atoms with E-state index >= 15 is 0 Å². The van der Waals surface area contributed by atoms with Crippen LogP contribution in [-0.4, -0.2) is 20.7 Å². The first-order valence-corrected chi connectivity index (χ1v) is 8.40. The van der Waals surface area contributed by atoms with E-state index < -0.39 is 17.5 Å². The number of nitrogens with one attached hydrogen (secondary N) is 2. The zero-order chi connectivity index (χ0) is 19.7. The first-order chi connectivity index (χ1) is 13.5. The lowest BCUT2D eigenvalue weighted by Crippen LogP contribution is -2.28. The highest BCUT2D eigenvalue weighted by atomic mass is 19.1. The molecule has 0 aliphatic heterocycles. The van der Waals surface area contributed by atoms with Crippen molar-refractivity contribution in [2.45, 2.75) is 6.54 Å². The van der Waals surface area contributed by atoms with Gasteiger partial charge in [-0.2, -0.15) is 5.10 Å². The van der Waals surface area contributed by atoms with E-state index in [0.717, 1.165) is 12.1 Å². The number of carbonyl (C=O) groups is 1. The first-order valence-electron chi connectivity index (χ1n) is 8.40. The number of amides is 1. The van der Waals surface area contributed by atoms with Crippen molar-refractivity contribution in [3.63, 3.8) is 0 Å². The molecule has 140 valence electrons. The van der Waals surface area contributed by atoms with Crippen LogP contribution in [0.15, 0.2) is 65.8 Å². The summed E-state index contributed by atoms with van der Waals surface area (Å²) >= 11 is 0. The van der Waals surface area contributed by atoms with Crippen LogP contribution in [-0.2, 0) is 6.54 Å². The van der Waals surface area contributed by atoms with Gasteiger partial charge >= 0.3 is 0 Å². The SMILES string of the molecule is O=C(NCc1cnn(-c2ccc(F)cc2F)c1)c1c[nH]c2ccccc2c1=O. The molecule has 0 spiro atoms. The molecule has 0 fully saturated rings. The minimum absolute atomic E-state index is 0.00401. The topological polar surface area (TPSA) is 79.8 Å². The van der Waals surface area contributed by atoms with Crippen LogP contribution in [0.4, 0.5) is 8.78 Å². The maximum Gasteiger partial charge on any atom is 0.257 e.